The van der Waals surface area contributed by atoms with Gasteiger partial charge in [0.25, 0.3) is 11.8 Å². The van der Waals surface area contributed by atoms with Crippen LogP contribution in [0.5, 0.6) is 0 Å². The highest BCUT2D eigenvalue weighted by Gasteiger charge is 2.35. The van der Waals surface area contributed by atoms with Crippen molar-refractivity contribution in [2.75, 3.05) is 19.6 Å². The van der Waals surface area contributed by atoms with E-state index in [9.17, 15) is 14.4 Å². The fourth-order valence-electron chi connectivity index (χ4n) is 4.20. The SMILES string of the molecule is Cc1ccc2c(c1)C(=O)N(CCC(=O)NC1CCN(Cc3ccc(Cl)cc3)CC1)C2=O. The van der Waals surface area contributed by atoms with Gasteiger partial charge in [0.15, 0.2) is 0 Å². The van der Waals surface area contributed by atoms with E-state index in [-0.39, 0.29) is 36.7 Å². The Balaban J connectivity index is 1.22. The summed E-state index contributed by atoms with van der Waals surface area (Å²) in [6, 6.07) is 13.2. The Hall–Kier alpha value is -2.70. The number of hydrogen-bond acceptors (Lipinski definition) is 4. The lowest BCUT2D eigenvalue weighted by atomic mass is 10.0. The molecule has 2 heterocycles. The molecule has 2 aliphatic rings. The van der Waals surface area contributed by atoms with Crippen molar-refractivity contribution in [2.24, 2.45) is 0 Å². The summed E-state index contributed by atoms with van der Waals surface area (Å²) in [7, 11) is 0. The lowest BCUT2D eigenvalue weighted by Gasteiger charge is -2.32. The van der Waals surface area contributed by atoms with Gasteiger partial charge >= 0.3 is 0 Å². The van der Waals surface area contributed by atoms with Gasteiger partial charge in [0.05, 0.1) is 11.1 Å². The number of halogens is 1. The number of fused-ring (bicyclic) bond motifs is 1. The topological polar surface area (TPSA) is 69.7 Å². The summed E-state index contributed by atoms with van der Waals surface area (Å²) in [5.41, 5.74) is 3.01. The van der Waals surface area contributed by atoms with Crippen molar-refractivity contribution in [3.05, 3.63) is 69.7 Å². The maximum Gasteiger partial charge on any atom is 0.261 e. The van der Waals surface area contributed by atoms with Crippen LogP contribution in [-0.2, 0) is 11.3 Å². The largest absolute Gasteiger partial charge is 0.353 e. The van der Waals surface area contributed by atoms with Crippen LogP contribution in [0.3, 0.4) is 0 Å². The predicted molar refractivity (Wildman–Crippen MR) is 119 cm³/mol. The molecule has 0 aliphatic carbocycles. The zero-order valence-corrected chi connectivity index (χ0v) is 18.3. The fraction of sp³-hybridized carbons (Fsp3) is 0.375. The number of nitrogens with one attached hydrogen (secondary N) is 1. The second-order valence-corrected chi connectivity index (χ2v) is 8.74. The van der Waals surface area contributed by atoms with Gasteiger partial charge in [-0.15, -0.1) is 0 Å². The molecule has 0 aromatic heterocycles. The zero-order valence-electron chi connectivity index (χ0n) is 17.6. The van der Waals surface area contributed by atoms with Crippen molar-refractivity contribution in [1.82, 2.24) is 15.1 Å². The van der Waals surface area contributed by atoms with Crippen molar-refractivity contribution in [2.45, 2.75) is 38.8 Å². The number of benzene rings is 2. The van der Waals surface area contributed by atoms with E-state index in [1.165, 1.54) is 10.5 Å². The van der Waals surface area contributed by atoms with Crippen molar-refractivity contribution in [3.63, 3.8) is 0 Å². The highest BCUT2D eigenvalue weighted by atomic mass is 35.5. The van der Waals surface area contributed by atoms with Gasteiger partial charge in [-0.25, -0.2) is 0 Å². The maximum atomic E-state index is 12.5. The number of carbonyl (C=O) groups excluding carboxylic acids is 3. The molecule has 6 nitrogen and oxygen atoms in total. The summed E-state index contributed by atoms with van der Waals surface area (Å²) >= 11 is 5.94. The lowest BCUT2D eigenvalue weighted by Crippen LogP contribution is -2.45. The molecular weight excluding hydrogens is 414 g/mol. The van der Waals surface area contributed by atoms with E-state index in [1.54, 1.807) is 12.1 Å². The van der Waals surface area contributed by atoms with Crippen molar-refractivity contribution in [1.29, 1.82) is 0 Å². The molecule has 162 valence electrons. The third kappa shape index (κ3) is 4.97. The number of aryl methyl sites for hydroxylation is 1. The number of hydrogen-bond donors (Lipinski definition) is 1. The molecule has 2 aromatic rings. The Morgan fingerprint density at radius 2 is 1.71 bits per heavy atom. The average molecular weight is 440 g/mol. The first kappa shape index (κ1) is 21.5. The Bertz CT molecular complexity index is 998. The molecule has 31 heavy (non-hydrogen) atoms. The number of rotatable bonds is 6. The third-order valence-corrected chi connectivity index (χ3v) is 6.21. The van der Waals surface area contributed by atoms with Crippen LogP contribution in [0.4, 0.5) is 0 Å². The van der Waals surface area contributed by atoms with E-state index < -0.39 is 0 Å². The number of piperidine rings is 1. The number of imide groups is 1. The minimum Gasteiger partial charge on any atom is -0.353 e. The van der Waals surface area contributed by atoms with Crippen molar-refractivity contribution in [3.8, 4) is 0 Å². The monoisotopic (exact) mass is 439 g/mol. The average Bonchev–Trinajstić information content (AvgIpc) is 2.99. The van der Waals surface area contributed by atoms with Crippen LogP contribution < -0.4 is 5.32 Å². The molecule has 0 unspecified atom stereocenters. The van der Waals surface area contributed by atoms with E-state index in [1.807, 2.05) is 37.3 Å². The van der Waals surface area contributed by atoms with Gasteiger partial charge in [0.1, 0.15) is 0 Å². The van der Waals surface area contributed by atoms with Gasteiger partial charge in [-0.1, -0.05) is 35.4 Å². The van der Waals surface area contributed by atoms with Crippen LogP contribution in [0.1, 0.15) is 51.1 Å². The molecule has 0 atom stereocenters. The quantitative estimate of drug-likeness (QED) is 0.700. The van der Waals surface area contributed by atoms with E-state index >= 15 is 0 Å². The molecule has 0 saturated carbocycles. The number of carbonyl (C=O) groups is 3. The molecule has 0 spiro atoms. The van der Waals surface area contributed by atoms with Crippen LogP contribution in [0.15, 0.2) is 42.5 Å². The number of amides is 3. The Labute approximate surface area is 187 Å². The first-order valence-electron chi connectivity index (χ1n) is 10.6. The van der Waals surface area contributed by atoms with E-state index in [0.717, 1.165) is 43.1 Å². The summed E-state index contributed by atoms with van der Waals surface area (Å²) in [4.78, 5) is 41.0. The maximum absolute atomic E-state index is 12.5. The second kappa shape index (κ2) is 9.20. The molecule has 1 fully saturated rings. The van der Waals surface area contributed by atoms with Crippen molar-refractivity contribution < 1.29 is 14.4 Å². The van der Waals surface area contributed by atoms with Gasteiger partial charge in [-0.3, -0.25) is 24.2 Å². The van der Waals surface area contributed by atoms with E-state index in [0.29, 0.717) is 11.1 Å². The van der Waals surface area contributed by atoms with Crippen molar-refractivity contribution >= 4 is 29.3 Å². The molecular formula is C24H26ClN3O3. The fourth-order valence-corrected chi connectivity index (χ4v) is 4.33. The molecule has 0 bridgehead atoms. The van der Waals surface area contributed by atoms with Gasteiger partial charge in [0.2, 0.25) is 5.91 Å². The molecule has 2 aliphatic heterocycles. The number of likely N-dealkylation sites (tertiary alicyclic amines) is 1. The van der Waals surface area contributed by atoms with Gasteiger partial charge < -0.3 is 5.32 Å². The van der Waals surface area contributed by atoms with Crippen LogP contribution in [0, 0.1) is 6.92 Å². The molecule has 2 aromatic carbocycles. The van der Waals surface area contributed by atoms with Crippen LogP contribution in [0.2, 0.25) is 5.02 Å². The summed E-state index contributed by atoms with van der Waals surface area (Å²) in [6.45, 7) is 4.68. The second-order valence-electron chi connectivity index (χ2n) is 8.31. The third-order valence-electron chi connectivity index (χ3n) is 5.96. The Kier molecular flexibility index (Phi) is 6.39. The standard InChI is InChI=1S/C24H26ClN3O3/c1-16-2-7-20-21(14-16)24(31)28(23(20)30)13-10-22(29)26-19-8-11-27(12-9-19)15-17-3-5-18(25)6-4-17/h2-7,14,19H,8-13,15H2,1H3,(H,26,29). The minimum absolute atomic E-state index is 0.104. The summed E-state index contributed by atoms with van der Waals surface area (Å²) in [5, 5.41) is 3.80. The van der Waals surface area contributed by atoms with E-state index in [2.05, 4.69) is 10.2 Å². The van der Waals surface area contributed by atoms with Gasteiger partial charge in [-0.2, -0.15) is 0 Å². The number of nitrogens with zero attached hydrogens (tertiary/aromatic N) is 2. The molecule has 7 heteroatoms. The molecule has 1 N–H and O–H groups in total. The first-order chi connectivity index (χ1) is 14.9. The van der Waals surface area contributed by atoms with Crippen LogP contribution in [0.25, 0.3) is 0 Å². The van der Waals surface area contributed by atoms with E-state index in [4.69, 9.17) is 11.6 Å². The van der Waals surface area contributed by atoms with Gasteiger partial charge in [0, 0.05) is 43.7 Å². The zero-order chi connectivity index (χ0) is 22.0. The van der Waals surface area contributed by atoms with Crippen LogP contribution in [-0.4, -0.2) is 53.2 Å². The van der Waals surface area contributed by atoms with Gasteiger partial charge in [-0.05, 0) is 49.6 Å². The molecule has 4 rings (SSSR count). The molecule has 1 saturated heterocycles. The highest BCUT2D eigenvalue weighted by molar-refractivity contribution is 6.30. The molecule has 0 radical (unpaired) electrons. The summed E-state index contributed by atoms with van der Waals surface area (Å²) < 4.78 is 0. The highest BCUT2D eigenvalue weighted by Crippen LogP contribution is 2.24. The smallest absolute Gasteiger partial charge is 0.261 e. The first-order valence-corrected chi connectivity index (χ1v) is 11.0. The predicted octanol–water partition coefficient (Wildman–Crippen LogP) is 3.42. The summed E-state index contributed by atoms with van der Waals surface area (Å²) in [5.74, 6) is -0.751. The van der Waals surface area contributed by atoms with Crippen LogP contribution >= 0.6 is 11.6 Å². The normalized spacial score (nSPS) is 17.2. The summed E-state index contributed by atoms with van der Waals surface area (Å²) in [6.07, 6.45) is 1.88. The minimum atomic E-state index is -0.316. The lowest BCUT2D eigenvalue weighted by molar-refractivity contribution is -0.122. The Morgan fingerprint density at radius 1 is 1.03 bits per heavy atom. The Morgan fingerprint density at radius 3 is 2.42 bits per heavy atom. The molecule has 3 amide bonds.